The SMILES string of the molecule is COCCc1ccc(OC(F)C(=O)O)cc1. The van der Waals surface area contributed by atoms with Crippen molar-refractivity contribution in [1.82, 2.24) is 0 Å². The summed E-state index contributed by atoms with van der Waals surface area (Å²) < 4.78 is 22.1. The molecule has 0 saturated carbocycles. The van der Waals surface area contributed by atoms with Crippen LogP contribution in [-0.2, 0) is 16.0 Å². The highest BCUT2D eigenvalue weighted by atomic mass is 19.1. The smallest absolute Gasteiger partial charge is 0.378 e. The van der Waals surface area contributed by atoms with Gasteiger partial charge in [0.25, 0.3) is 0 Å². The lowest BCUT2D eigenvalue weighted by atomic mass is 10.1. The molecule has 1 unspecified atom stereocenters. The van der Waals surface area contributed by atoms with Crippen molar-refractivity contribution in [2.75, 3.05) is 13.7 Å². The number of aliphatic carboxylic acids is 1. The van der Waals surface area contributed by atoms with Crippen LogP contribution in [0.15, 0.2) is 24.3 Å². The summed E-state index contributed by atoms with van der Waals surface area (Å²) in [6.07, 6.45) is -1.58. The molecule has 0 bridgehead atoms. The second-order valence-electron chi connectivity index (χ2n) is 3.16. The molecule has 0 amide bonds. The monoisotopic (exact) mass is 228 g/mol. The molecule has 0 radical (unpaired) electrons. The van der Waals surface area contributed by atoms with Crippen LogP contribution in [0.1, 0.15) is 5.56 Å². The molecule has 0 saturated heterocycles. The minimum Gasteiger partial charge on any atom is -0.476 e. The van der Waals surface area contributed by atoms with Gasteiger partial charge in [0.05, 0.1) is 6.61 Å². The van der Waals surface area contributed by atoms with Gasteiger partial charge in [-0.05, 0) is 24.1 Å². The second kappa shape index (κ2) is 6.07. The zero-order valence-corrected chi connectivity index (χ0v) is 8.85. The summed E-state index contributed by atoms with van der Waals surface area (Å²) in [5, 5.41) is 8.30. The standard InChI is InChI=1S/C11H13FO4/c1-15-7-6-8-2-4-9(5-3-8)16-10(12)11(13)14/h2-5,10H,6-7H2,1H3,(H,13,14). The van der Waals surface area contributed by atoms with Crippen molar-refractivity contribution in [2.24, 2.45) is 0 Å². The van der Waals surface area contributed by atoms with Crippen molar-refractivity contribution >= 4 is 5.97 Å². The summed E-state index contributed by atoms with van der Waals surface area (Å²) in [6, 6.07) is 6.53. The Hall–Kier alpha value is -1.62. The van der Waals surface area contributed by atoms with Gasteiger partial charge in [0.1, 0.15) is 5.75 Å². The molecule has 0 spiro atoms. The maximum Gasteiger partial charge on any atom is 0.378 e. The molecule has 1 aromatic carbocycles. The summed E-state index contributed by atoms with van der Waals surface area (Å²) in [6.45, 7) is 0.598. The number of ether oxygens (including phenoxy) is 2. The third kappa shape index (κ3) is 3.86. The number of carbonyl (C=O) groups is 1. The first-order chi connectivity index (χ1) is 7.63. The van der Waals surface area contributed by atoms with Gasteiger partial charge in [-0.2, -0.15) is 4.39 Å². The minimum atomic E-state index is -2.33. The first kappa shape index (κ1) is 12.4. The molecular weight excluding hydrogens is 215 g/mol. The number of carboxylic acids is 1. The van der Waals surface area contributed by atoms with Crippen LogP contribution in [0, 0.1) is 0 Å². The highest BCUT2D eigenvalue weighted by Crippen LogP contribution is 2.14. The van der Waals surface area contributed by atoms with E-state index in [1.807, 2.05) is 0 Å². The molecule has 0 aliphatic carbocycles. The van der Waals surface area contributed by atoms with Crippen molar-refractivity contribution in [2.45, 2.75) is 12.8 Å². The van der Waals surface area contributed by atoms with Crippen LogP contribution in [-0.4, -0.2) is 31.2 Å². The maximum atomic E-state index is 12.7. The van der Waals surface area contributed by atoms with Crippen LogP contribution in [0.5, 0.6) is 5.75 Å². The van der Waals surface area contributed by atoms with Gasteiger partial charge in [-0.3, -0.25) is 0 Å². The third-order valence-electron chi connectivity index (χ3n) is 1.95. The van der Waals surface area contributed by atoms with Gasteiger partial charge >= 0.3 is 12.3 Å². The van der Waals surface area contributed by atoms with Crippen molar-refractivity contribution in [1.29, 1.82) is 0 Å². The molecule has 1 aromatic rings. The quantitative estimate of drug-likeness (QED) is 0.804. The Kier molecular flexibility index (Phi) is 4.72. The molecule has 4 nitrogen and oxygen atoms in total. The molecule has 88 valence electrons. The lowest BCUT2D eigenvalue weighted by Crippen LogP contribution is -2.21. The Bertz CT molecular complexity index is 336. The van der Waals surface area contributed by atoms with Crippen LogP contribution in [0.25, 0.3) is 0 Å². The van der Waals surface area contributed by atoms with Crippen LogP contribution >= 0.6 is 0 Å². The van der Waals surface area contributed by atoms with Crippen LogP contribution in [0.4, 0.5) is 4.39 Å². The molecule has 1 atom stereocenters. The van der Waals surface area contributed by atoms with Gasteiger partial charge in [-0.1, -0.05) is 12.1 Å². The van der Waals surface area contributed by atoms with E-state index in [0.29, 0.717) is 6.61 Å². The molecule has 5 heteroatoms. The number of halogens is 1. The minimum absolute atomic E-state index is 0.191. The molecule has 0 fully saturated rings. The number of methoxy groups -OCH3 is 1. The zero-order valence-electron chi connectivity index (χ0n) is 8.85. The van der Waals surface area contributed by atoms with Gasteiger partial charge in [0.15, 0.2) is 0 Å². The summed E-state index contributed by atoms with van der Waals surface area (Å²) >= 11 is 0. The van der Waals surface area contributed by atoms with E-state index in [0.717, 1.165) is 12.0 Å². The van der Waals surface area contributed by atoms with Crippen molar-refractivity contribution in [3.63, 3.8) is 0 Å². The fourth-order valence-corrected chi connectivity index (χ4v) is 1.12. The largest absolute Gasteiger partial charge is 0.476 e. The van der Waals surface area contributed by atoms with E-state index in [4.69, 9.17) is 9.84 Å². The fourth-order valence-electron chi connectivity index (χ4n) is 1.12. The average Bonchev–Trinajstić information content (AvgIpc) is 2.28. The highest BCUT2D eigenvalue weighted by molar-refractivity contribution is 5.70. The highest BCUT2D eigenvalue weighted by Gasteiger charge is 2.16. The van der Waals surface area contributed by atoms with E-state index < -0.39 is 12.3 Å². The molecule has 0 aromatic heterocycles. The molecule has 1 rings (SSSR count). The Morgan fingerprint density at radius 1 is 1.44 bits per heavy atom. The van der Waals surface area contributed by atoms with Crippen molar-refractivity contribution in [3.8, 4) is 5.75 Å². The summed E-state index contributed by atoms with van der Waals surface area (Å²) in [5.41, 5.74) is 1.01. The first-order valence-electron chi connectivity index (χ1n) is 4.75. The van der Waals surface area contributed by atoms with Gasteiger partial charge in [-0.15, -0.1) is 0 Å². The average molecular weight is 228 g/mol. The van der Waals surface area contributed by atoms with Gasteiger partial charge < -0.3 is 14.6 Å². The molecule has 0 heterocycles. The van der Waals surface area contributed by atoms with Gasteiger partial charge in [0, 0.05) is 7.11 Å². The second-order valence-corrected chi connectivity index (χ2v) is 3.16. The van der Waals surface area contributed by atoms with Gasteiger partial charge in [-0.25, -0.2) is 4.79 Å². The Morgan fingerprint density at radius 3 is 2.56 bits per heavy atom. The van der Waals surface area contributed by atoms with E-state index in [-0.39, 0.29) is 5.75 Å². The molecule has 16 heavy (non-hydrogen) atoms. The number of alkyl halides is 1. The molecule has 1 N–H and O–H groups in total. The normalized spacial score (nSPS) is 12.1. The van der Waals surface area contributed by atoms with Crippen molar-refractivity contribution in [3.05, 3.63) is 29.8 Å². The number of hydrogen-bond acceptors (Lipinski definition) is 3. The van der Waals surface area contributed by atoms with E-state index in [9.17, 15) is 9.18 Å². The van der Waals surface area contributed by atoms with Crippen LogP contribution in [0.3, 0.4) is 0 Å². The number of hydrogen-bond donors (Lipinski definition) is 1. The van der Waals surface area contributed by atoms with E-state index in [2.05, 4.69) is 4.74 Å². The topological polar surface area (TPSA) is 55.8 Å². The van der Waals surface area contributed by atoms with E-state index in [1.54, 1.807) is 19.2 Å². The Labute approximate surface area is 92.6 Å². The number of benzene rings is 1. The first-order valence-corrected chi connectivity index (χ1v) is 4.75. The lowest BCUT2D eigenvalue weighted by Gasteiger charge is -2.07. The predicted molar refractivity (Wildman–Crippen MR) is 55.2 cm³/mol. The van der Waals surface area contributed by atoms with Gasteiger partial charge in [0.2, 0.25) is 0 Å². The third-order valence-corrected chi connectivity index (χ3v) is 1.95. The summed E-state index contributed by atoms with van der Waals surface area (Å²) in [4.78, 5) is 10.2. The van der Waals surface area contributed by atoms with Crippen LogP contribution < -0.4 is 4.74 Å². The number of carboxylic acid groups (broad SMARTS) is 1. The Morgan fingerprint density at radius 2 is 2.06 bits per heavy atom. The Balaban J connectivity index is 2.54. The summed E-state index contributed by atoms with van der Waals surface area (Å²) in [5.74, 6) is -1.44. The molecular formula is C11H13FO4. The fraction of sp³-hybridized carbons (Fsp3) is 0.364. The zero-order chi connectivity index (χ0) is 12.0. The van der Waals surface area contributed by atoms with Crippen molar-refractivity contribution < 1.29 is 23.8 Å². The lowest BCUT2D eigenvalue weighted by molar-refractivity contribution is -0.153. The maximum absolute atomic E-state index is 12.7. The predicted octanol–water partition coefficient (Wildman–Crippen LogP) is 1.63. The van der Waals surface area contributed by atoms with E-state index in [1.165, 1.54) is 12.1 Å². The molecule has 0 aliphatic heterocycles. The van der Waals surface area contributed by atoms with Crippen LogP contribution in [0.2, 0.25) is 0 Å². The number of rotatable bonds is 6. The molecule has 0 aliphatic rings. The summed E-state index contributed by atoms with van der Waals surface area (Å²) in [7, 11) is 1.61. The van der Waals surface area contributed by atoms with E-state index >= 15 is 0 Å².